The Balaban J connectivity index is 4.40. The van der Waals surface area contributed by atoms with Crippen molar-refractivity contribution in [3.05, 3.63) is 0 Å². The lowest BCUT2D eigenvalue weighted by Crippen LogP contribution is -2.43. The Bertz CT molecular complexity index is 369. The molecule has 0 rings (SSSR count). The van der Waals surface area contributed by atoms with Gasteiger partial charge in [0.25, 0.3) is 5.91 Å². The lowest BCUT2D eigenvalue weighted by Gasteiger charge is -2.17. The fourth-order valence-electron chi connectivity index (χ4n) is 1.29. The third-order valence-electron chi connectivity index (χ3n) is 2.35. The van der Waals surface area contributed by atoms with Gasteiger partial charge in [0.1, 0.15) is 6.61 Å². The zero-order valence-electron chi connectivity index (χ0n) is 11.6. The summed E-state index contributed by atoms with van der Waals surface area (Å²) in [4.78, 5) is 44.3. The molecule has 8 nitrogen and oxygen atoms in total. The van der Waals surface area contributed by atoms with Gasteiger partial charge in [0.05, 0.1) is 6.04 Å². The van der Waals surface area contributed by atoms with Crippen LogP contribution in [-0.4, -0.2) is 48.1 Å². The van der Waals surface area contributed by atoms with Gasteiger partial charge in [0.2, 0.25) is 5.78 Å². The molecule has 0 aliphatic carbocycles. The Morgan fingerprint density at radius 1 is 1.20 bits per heavy atom. The molecule has 0 aromatic rings. The van der Waals surface area contributed by atoms with E-state index in [1.807, 2.05) is 0 Å². The van der Waals surface area contributed by atoms with Crippen molar-refractivity contribution in [3.63, 3.8) is 0 Å². The van der Waals surface area contributed by atoms with Gasteiger partial charge in [-0.3, -0.25) is 14.4 Å². The number of carbonyl (C=O) groups excluding carboxylic acids is 3. The number of aliphatic carboxylic acids is 1. The van der Waals surface area contributed by atoms with E-state index in [0.29, 0.717) is 6.54 Å². The Labute approximate surface area is 116 Å². The summed E-state index contributed by atoms with van der Waals surface area (Å²) in [5.74, 6) is -2.45. The highest BCUT2D eigenvalue weighted by Gasteiger charge is 2.19. The van der Waals surface area contributed by atoms with Crippen LogP contribution >= 0.6 is 0 Å². The Hall–Kier alpha value is -2.12. The van der Waals surface area contributed by atoms with E-state index in [1.54, 1.807) is 13.8 Å². The first-order valence-corrected chi connectivity index (χ1v) is 6.36. The van der Waals surface area contributed by atoms with Crippen molar-refractivity contribution >= 4 is 23.8 Å². The van der Waals surface area contributed by atoms with Crippen molar-refractivity contribution in [2.24, 2.45) is 0 Å². The number of hydrogen-bond donors (Lipinski definition) is 3. The van der Waals surface area contributed by atoms with E-state index in [2.05, 4.69) is 10.6 Å². The molecule has 0 aliphatic heterocycles. The third-order valence-corrected chi connectivity index (χ3v) is 2.35. The maximum atomic E-state index is 11.4. The van der Waals surface area contributed by atoms with Gasteiger partial charge in [-0.1, -0.05) is 6.92 Å². The van der Waals surface area contributed by atoms with Gasteiger partial charge in [-0.25, -0.2) is 4.79 Å². The van der Waals surface area contributed by atoms with Crippen molar-refractivity contribution in [1.29, 1.82) is 0 Å². The highest BCUT2D eigenvalue weighted by atomic mass is 16.5. The maximum absolute atomic E-state index is 11.4. The summed E-state index contributed by atoms with van der Waals surface area (Å²) in [7, 11) is 0. The van der Waals surface area contributed by atoms with E-state index in [0.717, 1.165) is 0 Å². The third kappa shape index (κ3) is 8.06. The molecule has 0 saturated carbocycles. The summed E-state index contributed by atoms with van der Waals surface area (Å²) in [5.41, 5.74) is 0. The smallest absolute Gasteiger partial charge is 0.407 e. The summed E-state index contributed by atoms with van der Waals surface area (Å²) < 4.78 is 4.82. The van der Waals surface area contributed by atoms with Gasteiger partial charge in [-0.05, 0) is 13.3 Å². The number of carboxylic acid groups (broad SMARTS) is 1. The lowest BCUT2D eigenvalue weighted by atomic mass is 10.1. The number of amides is 2. The monoisotopic (exact) mass is 288 g/mol. The topological polar surface area (TPSA) is 122 Å². The highest BCUT2D eigenvalue weighted by Crippen LogP contribution is 2.00. The van der Waals surface area contributed by atoms with Crippen LogP contribution in [0.3, 0.4) is 0 Å². The number of ether oxygens (including phenoxy) is 1. The molecular weight excluding hydrogens is 268 g/mol. The molecule has 8 heteroatoms. The molecule has 0 aliphatic rings. The summed E-state index contributed by atoms with van der Waals surface area (Å²) in [6.45, 7) is 3.45. The molecule has 3 N–H and O–H groups in total. The average molecular weight is 288 g/mol. The summed E-state index contributed by atoms with van der Waals surface area (Å²) >= 11 is 0. The van der Waals surface area contributed by atoms with Crippen LogP contribution in [0.1, 0.15) is 33.1 Å². The largest absolute Gasteiger partial charge is 0.481 e. The Morgan fingerprint density at radius 2 is 1.85 bits per heavy atom. The molecule has 2 amide bonds. The van der Waals surface area contributed by atoms with Crippen molar-refractivity contribution in [2.45, 2.75) is 39.2 Å². The van der Waals surface area contributed by atoms with Crippen LogP contribution in [0.2, 0.25) is 0 Å². The fourth-order valence-corrected chi connectivity index (χ4v) is 1.29. The van der Waals surface area contributed by atoms with E-state index >= 15 is 0 Å². The van der Waals surface area contributed by atoms with E-state index in [4.69, 9.17) is 9.84 Å². The summed E-state index contributed by atoms with van der Waals surface area (Å²) in [6.07, 6.45) is -0.750. The van der Waals surface area contributed by atoms with Crippen LogP contribution in [0, 0.1) is 0 Å². The highest BCUT2D eigenvalue weighted by molar-refractivity contribution is 6.36. The van der Waals surface area contributed by atoms with Gasteiger partial charge in [-0.2, -0.15) is 0 Å². The molecular formula is C12H20N2O6. The van der Waals surface area contributed by atoms with Crippen LogP contribution in [0.25, 0.3) is 0 Å². The van der Waals surface area contributed by atoms with E-state index in [9.17, 15) is 19.2 Å². The molecule has 0 bridgehead atoms. The molecule has 0 unspecified atom stereocenters. The van der Waals surface area contributed by atoms with Crippen LogP contribution in [0.5, 0.6) is 0 Å². The Morgan fingerprint density at radius 3 is 2.35 bits per heavy atom. The predicted molar refractivity (Wildman–Crippen MR) is 69.1 cm³/mol. The van der Waals surface area contributed by atoms with Gasteiger partial charge >= 0.3 is 12.1 Å². The first-order chi connectivity index (χ1) is 9.40. The summed E-state index contributed by atoms with van der Waals surface area (Å²) in [5, 5.41) is 13.4. The van der Waals surface area contributed by atoms with Crippen LogP contribution in [0.15, 0.2) is 0 Å². The minimum atomic E-state index is -1.04. The second kappa shape index (κ2) is 9.76. The molecule has 0 heterocycles. The average Bonchev–Trinajstić information content (AvgIpc) is 2.40. The Kier molecular flexibility index (Phi) is 8.73. The van der Waals surface area contributed by atoms with E-state index in [1.165, 1.54) is 0 Å². The molecule has 0 radical (unpaired) electrons. The van der Waals surface area contributed by atoms with Gasteiger partial charge in [-0.15, -0.1) is 0 Å². The number of Topliss-reactive ketones (excluding diaryl/α,β-unsaturated/α-hetero) is 1. The first-order valence-electron chi connectivity index (χ1n) is 6.36. The molecule has 0 aromatic carbocycles. The van der Waals surface area contributed by atoms with E-state index in [-0.39, 0.29) is 25.9 Å². The molecule has 0 fully saturated rings. The van der Waals surface area contributed by atoms with Crippen molar-refractivity contribution < 1.29 is 29.0 Å². The zero-order chi connectivity index (χ0) is 15.5. The number of alkyl carbamates (subject to hydrolysis) is 1. The van der Waals surface area contributed by atoms with Gasteiger partial charge < -0.3 is 20.5 Å². The number of hydrogen-bond acceptors (Lipinski definition) is 5. The molecule has 0 spiro atoms. The second-order valence-electron chi connectivity index (χ2n) is 4.01. The minimum absolute atomic E-state index is 0.0503. The van der Waals surface area contributed by atoms with Crippen molar-refractivity contribution in [1.82, 2.24) is 10.6 Å². The van der Waals surface area contributed by atoms with Crippen molar-refractivity contribution in [3.8, 4) is 0 Å². The van der Waals surface area contributed by atoms with Crippen LogP contribution in [-0.2, 0) is 19.1 Å². The summed E-state index contributed by atoms with van der Waals surface area (Å²) in [6, 6.07) is -0.711. The van der Waals surface area contributed by atoms with Crippen LogP contribution < -0.4 is 10.6 Å². The molecule has 114 valence electrons. The SMILES string of the molecule is CCNC(=O)OC[C@@H](CCC(=O)O)NC(=O)C(=O)CC. The molecule has 0 saturated heterocycles. The normalized spacial score (nSPS) is 11.3. The number of carboxylic acids is 1. The van der Waals surface area contributed by atoms with Crippen LogP contribution in [0.4, 0.5) is 4.79 Å². The maximum Gasteiger partial charge on any atom is 0.407 e. The standard InChI is InChI=1S/C12H20N2O6/c1-3-9(15)11(18)14-8(5-6-10(16)17)7-20-12(19)13-4-2/h8H,3-7H2,1-2H3,(H,13,19)(H,14,18)(H,16,17)/t8-/m1/s1. The quantitative estimate of drug-likeness (QED) is 0.516. The molecule has 20 heavy (non-hydrogen) atoms. The lowest BCUT2D eigenvalue weighted by molar-refractivity contribution is -0.139. The molecule has 1 atom stereocenters. The molecule has 0 aromatic heterocycles. The number of rotatable bonds is 9. The zero-order valence-corrected chi connectivity index (χ0v) is 11.6. The van der Waals surface area contributed by atoms with Crippen molar-refractivity contribution in [2.75, 3.05) is 13.2 Å². The predicted octanol–water partition coefficient (Wildman–Crippen LogP) is 0.0612. The van der Waals surface area contributed by atoms with Gasteiger partial charge in [0.15, 0.2) is 0 Å². The number of nitrogens with one attached hydrogen (secondary N) is 2. The number of ketones is 1. The fraction of sp³-hybridized carbons (Fsp3) is 0.667. The minimum Gasteiger partial charge on any atom is -0.481 e. The van der Waals surface area contributed by atoms with E-state index < -0.39 is 29.8 Å². The second-order valence-corrected chi connectivity index (χ2v) is 4.01. The number of carbonyl (C=O) groups is 4. The van der Waals surface area contributed by atoms with Gasteiger partial charge in [0, 0.05) is 19.4 Å². The first kappa shape index (κ1) is 17.9.